The lowest BCUT2D eigenvalue weighted by Gasteiger charge is -2.07. The SMILES string of the molecule is O=C(Cl)c1ccccc1-c1csc(-c2ccccc2)c1C(=O)Cl. The van der Waals surface area contributed by atoms with Gasteiger partial charge in [0.1, 0.15) is 0 Å². The molecule has 0 bridgehead atoms. The Labute approximate surface area is 147 Å². The van der Waals surface area contributed by atoms with E-state index in [1.165, 1.54) is 11.3 Å². The number of rotatable bonds is 4. The largest absolute Gasteiger partial charge is 0.276 e. The number of hydrogen-bond donors (Lipinski definition) is 0. The Morgan fingerprint density at radius 1 is 0.783 bits per heavy atom. The van der Waals surface area contributed by atoms with Crippen LogP contribution in [0.2, 0.25) is 0 Å². The number of thiophene rings is 1. The van der Waals surface area contributed by atoms with Crippen LogP contribution < -0.4 is 0 Å². The van der Waals surface area contributed by atoms with Crippen molar-refractivity contribution in [1.29, 1.82) is 0 Å². The summed E-state index contributed by atoms with van der Waals surface area (Å²) < 4.78 is 0. The summed E-state index contributed by atoms with van der Waals surface area (Å²) in [5.41, 5.74) is 2.88. The quantitative estimate of drug-likeness (QED) is 0.547. The zero-order valence-electron chi connectivity index (χ0n) is 11.8. The Bertz CT molecular complexity index is 885. The van der Waals surface area contributed by atoms with Gasteiger partial charge in [0.2, 0.25) is 0 Å². The van der Waals surface area contributed by atoms with Crippen LogP contribution in [0.25, 0.3) is 21.6 Å². The van der Waals surface area contributed by atoms with Gasteiger partial charge in [0.05, 0.1) is 5.56 Å². The number of hydrogen-bond acceptors (Lipinski definition) is 3. The third-order valence-corrected chi connectivity index (χ3v) is 4.87. The number of benzene rings is 2. The van der Waals surface area contributed by atoms with Gasteiger partial charge in [-0.2, -0.15) is 0 Å². The van der Waals surface area contributed by atoms with Gasteiger partial charge >= 0.3 is 0 Å². The van der Waals surface area contributed by atoms with Crippen molar-refractivity contribution in [2.45, 2.75) is 0 Å². The summed E-state index contributed by atoms with van der Waals surface area (Å²) >= 11 is 12.9. The normalized spacial score (nSPS) is 10.5. The van der Waals surface area contributed by atoms with Gasteiger partial charge in [0.15, 0.2) is 0 Å². The van der Waals surface area contributed by atoms with Crippen molar-refractivity contribution in [3.05, 3.63) is 71.1 Å². The van der Waals surface area contributed by atoms with Gasteiger partial charge in [-0.25, -0.2) is 0 Å². The summed E-state index contributed by atoms with van der Waals surface area (Å²) in [5, 5.41) is 0.703. The van der Waals surface area contributed by atoms with Crippen LogP contribution in [0.1, 0.15) is 20.7 Å². The van der Waals surface area contributed by atoms with Crippen LogP contribution in [0.3, 0.4) is 0 Å². The molecular formula is C18H10Cl2O2S. The van der Waals surface area contributed by atoms with Crippen LogP contribution in [-0.2, 0) is 0 Å². The lowest BCUT2D eigenvalue weighted by atomic mass is 9.97. The van der Waals surface area contributed by atoms with Crippen molar-refractivity contribution < 1.29 is 9.59 Å². The monoisotopic (exact) mass is 360 g/mol. The minimum atomic E-state index is -0.568. The van der Waals surface area contributed by atoms with E-state index >= 15 is 0 Å². The zero-order chi connectivity index (χ0) is 16.4. The van der Waals surface area contributed by atoms with Crippen molar-refractivity contribution in [3.63, 3.8) is 0 Å². The first-order chi connectivity index (χ1) is 11.1. The van der Waals surface area contributed by atoms with Crippen LogP contribution in [-0.4, -0.2) is 10.5 Å². The van der Waals surface area contributed by atoms with E-state index in [1.807, 2.05) is 35.7 Å². The molecule has 3 aromatic rings. The highest BCUT2D eigenvalue weighted by atomic mass is 35.5. The Balaban J connectivity index is 2.25. The Morgan fingerprint density at radius 3 is 2.09 bits per heavy atom. The molecule has 114 valence electrons. The summed E-state index contributed by atoms with van der Waals surface area (Å²) in [6.07, 6.45) is 0. The summed E-state index contributed by atoms with van der Waals surface area (Å²) in [4.78, 5) is 24.5. The molecule has 0 unspecified atom stereocenters. The van der Waals surface area contributed by atoms with Crippen molar-refractivity contribution in [1.82, 2.24) is 0 Å². The highest BCUT2D eigenvalue weighted by molar-refractivity contribution is 7.14. The highest BCUT2D eigenvalue weighted by Crippen LogP contribution is 2.40. The molecule has 0 N–H and O–H groups in total. The van der Waals surface area contributed by atoms with Gasteiger partial charge in [-0.1, -0.05) is 48.5 Å². The van der Waals surface area contributed by atoms with Gasteiger partial charge in [0.25, 0.3) is 10.5 Å². The average Bonchev–Trinajstić information content (AvgIpc) is 3.00. The molecule has 0 amide bonds. The predicted molar refractivity (Wildman–Crippen MR) is 95.6 cm³/mol. The lowest BCUT2D eigenvalue weighted by Crippen LogP contribution is -1.97. The molecule has 0 radical (unpaired) electrons. The third-order valence-electron chi connectivity index (χ3n) is 3.45. The predicted octanol–water partition coefficient (Wildman–Crippen LogP) is 5.84. The summed E-state index contributed by atoms with van der Waals surface area (Å²) in [5.74, 6) is 0. The topological polar surface area (TPSA) is 34.1 Å². The molecule has 0 aliphatic rings. The molecule has 5 heteroatoms. The molecule has 1 aromatic heterocycles. The Hall–Kier alpha value is -1.94. The standard InChI is InChI=1S/C18H10Cl2O2S/c19-17(21)13-9-5-4-8-12(13)14-10-23-16(15(14)18(20)22)11-6-2-1-3-7-11/h1-10H. The fraction of sp³-hybridized carbons (Fsp3) is 0. The molecule has 3 rings (SSSR count). The second-order valence-electron chi connectivity index (χ2n) is 4.81. The first-order valence-electron chi connectivity index (χ1n) is 6.75. The van der Waals surface area contributed by atoms with Crippen molar-refractivity contribution in [3.8, 4) is 21.6 Å². The molecule has 0 atom stereocenters. The molecule has 0 aliphatic heterocycles. The fourth-order valence-corrected chi connectivity index (χ4v) is 3.93. The minimum absolute atomic E-state index is 0.353. The maximum atomic E-state index is 12.0. The van der Waals surface area contributed by atoms with E-state index in [0.717, 1.165) is 10.4 Å². The third kappa shape index (κ3) is 3.08. The van der Waals surface area contributed by atoms with Crippen LogP contribution >= 0.6 is 34.5 Å². The summed E-state index contributed by atoms with van der Waals surface area (Å²) in [7, 11) is 0. The van der Waals surface area contributed by atoms with Crippen molar-refractivity contribution in [2.75, 3.05) is 0 Å². The van der Waals surface area contributed by atoms with E-state index in [2.05, 4.69) is 0 Å². The van der Waals surface area contributed by atoms with E-state index < -0.39 is 10.5 Å². The van der Waals surface area contributed by atoms with Crippen molar-refractivity contribution in [2.24, 2.45) is 0 Å². The molecule has 1 heterocycles. The minimum Gasteiger partial charge on any atom is -0.276 e. The Kier molecular flexibility index (Phi) is 4.62. The van der Waals surface area contributed by atoms with Crippen LogP contribution in [0.15, 0.2) is 60.0 Å². The number of carbonyl (C=O) groups is 2. The second kappa shape index (κ2) is 6.67. The van der Waals surface area contributed by atoms with Gasteiger partial charge in [0, 0.05) is 21.4 Å². The second-order valence-corrected chi connectivity index (χ2v) is 6.38. The average molecular weight is 361 g/mol. The maximum absolute atomic E-state index is 12.0. The Morgan fingerprint density at radius 2 is 1.43 bits per heavy atom. The first kappa shape index (κ1) is 15.9. The zero-order valence-corrected chi connectivity index (χ0v) is 14.1. The van der Waals surface area contributed by atoms with E-state index in [0.29, 0.717) is 22.3 Å². The van der Waals surface area contributed by atoms with Gasteiger partial charge < -0.3 is 0 Å². The molecule has 0 spiro atoms. The molecule has 23 heavy (non-hydrogen) atoms. The fourth-order valence-electron chi connectivity index (χ4n) is 2.44. The smallest absolute Gasteiger partial charge is 0.254 e. The van der Waals surface area contributed by atoms with Crippen LogP contribution in [0.4, 0.5) is 0 Å². The summed E-state index contributed by atoms with van der Waals surface area (Å²) in [6.45, 7) is 0. The van der Waals surface area contributed by atoms with Gasteiger partial charge in [-0.3, -0.25) is 9.59 Å². The molecule has 2 nitrogen and oxygen atoms in total. The van der Waals surface area contributed by atoms with Crippen molar-refractivity contribution >= 4 is 45.0 Å². The molecular weight excluding hydrogens is 351 g/mol. The van der Waals surface area contributed by atoms with Gasteiger partial charge in [-0.05, 0) is 40.4 Å². The highest BCUT2D eigenvalue weighted by Gasteiger charge is 2.22. The molecule has 2 aromatic carbocycles. The van der Waals surface area contributed by atoms with E-state index in [-0.39, 0.29) is 0 Å². The van der Waals surface area contributed by atoms with Crippen LogP contribution in [0, 0.1) is 0 Å². The van der Waals surface area contributed by atoms with Gasteiger partial charge in [-0.15, -0.1) is 11.3 Å². The lowest BCUT2D eigenvalue weighted by molar-refractivity contribution is 0.107. The summed E-state index contributed by atoms with van der Waals surface area (Å²) in [6, 6.07) is 16.4. The molecule has 0 aliphatic carbocycles. The van der Waals surface area contributed by atoms with E-state index in [1.54, 1.807) is 24.3 Å². The molecule has 0 saturated heterocycles. The maximum Gasteiger partial charge on any atom is 0.254 e. The van der Waals surface area contributed by atoms with Crippen LogP contribution in [0.5, 0.6) is 0 Å². The molecule has 0 saturated carbocycles. The molecule has 0 fully saturated rings. The number of halogens is 2. The first-order valence-corrected chi connectivity index (χ1v) is 8.39. The van der Waals surface area contributed by atoms with E-state index in [4.69, 9.17) is 23.2 Å². The van der Waals surface area contributed by atoms with E-state index in [9.17, 15) is 9.59 Å². The number of carbonyl (C=O) groups excluding carboxylic acids is 2.